The van der Waals surface area contributed by atoms with Crippen molar-refractivity contribution in [3.8, 4) is 0 Å². The number of hydrogen-bond acceptors (Lipinski definition) is 4. The number of rotatable bonds is 6. The molecular formula is C13H18N4OS. The van der Waals surface area contributed by atoms with Gasteiger partial charge in [-0.15, -0.1) is 11.3 Å². The number of aromatic amines is 1. The second kappa shape index (κ2) is 6.49. The van der Waals surface area contributed by atoms with Crippen LogP contribution in [-0.4, -0.2) is 29.2 Å². The van der Waals surface area contributed by atoms with E-state index in [-0.39, 0.29) is 5.91 Å². The highest BCUT2D eigenvalue weighted by Gasteiger charge is 2.06. The van der Waals surface area contributed by atoms with E-state index in [0.29, 0.717) is 6.54 Å². The zero-order chi connectivity index (χ0) is 13.7. The Kier molecular flexibility index (Phi) is 4.70. The Bertz CT molecular complexity index is 513. The fourth-order valence-corrected chi connectivity index (χ4v) is 2.45. The van der Waals surface area contributed by atoms with E-state index in [4.69, 9.17) is 0 Å². The van der Waals surface area contributed by atoms with Gasteiger partial charge in [-0.1, -0.05) is 6.07 Å². The fraction of sp³-hybridized carbons (Fsp3) is 0.385. The van der Waals surface area contributed by atoms with E-state index in [1.807, 2.05) is 31.4 Å². The molecule has 0 aromatic carbocycles. The zero-order valence-electron chi connectivity index (χ0n) is 11.1. The molecule has 2 aromatic heterocycles. The number of nitrogens with zero attached hydrogens (tertiary/aromatic N) is 1. The first kappa shape index (κ1) is 13.8. The quantitative estimate of drug-likeness (QED) is 0.703. The maximum atomic E-state index is 11.7. The van der Waals surface area contributed by atoms with Gasteiger partial charge in [0.15, 0.2) is 0 Å². The molecule has 2 rings (SSSR count). The van der Waals surface area contributed by atoms with Crippen LogP contribution in [0.3, 0.4) is 0 Å². The van der Waals surface area contributed by atoms with Crippen molar-refractivity contribution < 1.29 is 4.79 Å². The van der Waals surface area contributed by atoms with Gasteiger partial charge in [0.05, 0.1) is 10.6 Å². The van der Waals surface area contributed by atoms with Crippen LogP contribution in [-0.2, 0) is 6.54 Å². The largest absolute Gasteiger partial charge is 0.350 e. The Balaban J connectivity index is 1.66. The van der Waals surface area contributed by atoms with E-state index in [0.717, 1.165) is 29.4 Å². The maximum absolute atomic E-state index is 11.7. The number of carbonyl (C=O) groups excluding carboxylic acids is 1. The number of aromatic nitrogens is 2. The van der Waals surface area contributed by atoms with Crippen LogP contribution in [0.25, 0.3) is 0 Å². The second-order valence-electron chi connectivity index (χ2n) is 4.32. The van der Waals surface area contributed by atoms with Crippen LogP contribution in [0.4, 0.5) is 0 Å². The topological polar surface area (TPSA) is 69.8 Å². The molecule has 19 heavy (non-hydrogen) atoms. The van der Waals surface area contributed by atoms with Crippen LogP contribution in [0.1, 0.15) is 26.6 Å². The van der Waals surface area contributed by atoms with Crippen molar-refractivity contribution in [2.45, 2.75) is 20.4 Å². The molecule has 0 spiro atoms. The smallest absolute Gasteiger partial charge is 0.261 e. The lowest BCUT2D eigenvalue weighted by molar-refractivity contribution is 0.0958. The lowest BCUT2D eigenvalue weighted by atomic mass is 10.2. The third kappa shape index (κ3) is 3.65. The Labute approximate surface area is 116 Å². The minimum absolute atomic E-state index is 0.00697. The number of amides is 1. The summed E-state index contributed by atoms with van der Waals surface area (Å²) in [5.41, 5.74) is 3.31. The summed E-state index contributed by atoms with van der Waals surface area (Å²) in [6, 6.07) is 3.70. The number of nitrogens with one attached hydrogen (secondary N) is 3. The van der Waals surface area contributed by atoms with Crippen LogP contribution in [0.5, 0.6) is 0 Å². The average molecular weight is 278 g/mol. The zero-order valence-corrected chi connectivity index (χ0v) is 11.9. The van der Waals surface area contributed by atoms with Crippen molar-refractivity contribution in [1.82, 2.24) is 20.8 Å². The maximum Gasteiger partial charge on any atom is 0.261 e. The predicted molar refractivity (Wildman–Crippen MR) is 76.4 cm³/mol. The molecular weight excluding hydrogens is 260 g/mol. The SMILES string of the molecule is Cc1n[nH]c(C)c1CNCCNC(=O)c1cccs1. The molecule has 0 bridgehead atoms. The first-order valence-electron chi connectivity index (χ1n) is 6.21. The normalized spacial score (nSPS) is 10.6. The number of aryl methyl sites for hydroxylation is 2. The van der Waals surface area contributed by atoms with Crippen molar-refractivity contribution in [2.75, 3.05) is 13.1 Å². The Morgan fingerprint density at radius 1 is 1.42 bits per heavy atom. The van der Waals surface area contributed by atoms with E-state index in [1.165, 1.54) is 16.9 Å². The van der Waals surface area contributed by atoms with Gasteiger partial charge in [0.25, 0.3) is 5.91 Å². The van der Waals surface area contributed by atoms with Gasteiger partial charge in [-0.25, -0.2) is 0 Å². The molecule has 3 N–H and O–H groups in total. The molecule has 0 unspecified atom stereocenters. The molecule has 0 fully saturated rings. The van der Waals surface area contributed by atoms with Crippen molar-refractivity contribution in [1.29, 1.82) is 0 Å². The van der Waals surface area contributed by atoms with Gasteiger partial charge in [-0.2, -0.15) is 5.10 Å². The molecule has 0 atom stereocenters. The summed E-state index contributed by atoms with van der Waals surface area (Å²) in [6.45, 7) is 6.12. The van der Waals surface area contributed by atoms with E-state index >= 15 is 0 Å². The van der Waals surface area contributed by atoms with Crippen LogP contribution < -0.4 is 10.6 Å². The van der Waals surface area contributed by atoms with Crippen molar-refractivity contribution in [3.63, 3.8) is 0 Å². The minimum Gasteiger partial charge on any atom is -0.350 e. The van der Waals surface area contributed by atoms with E-state index in [1.54, 1.807) is 0 Å². The van der Waals surface area contributed by atoms with Crippen LogP contribution in [0, 0.1) is 13.8 Å². The first-order chi connectivity index (χ1) is 9.18. The van der Waals surface area contributed by atoms with Crippen LogP contribution in [0.15, 0.2) is 17.5 Å². The molecule has 102 valence electrons. The second-order valence-corrected chi connectivity index (χ2v) is 5.27. The Morgan fingerprint density at radius 2 is 2.26 bits per heavy atom. The monoisotopic (exact) mass is 278 g/mol. The van der Waals surface area contributed by atoms with E-state index in [2.05, 4.69) is 20.8 Å². The molecule has 0 saturated heterocycles. The Hall–Kier alpha value is -1.66. The van der Waals surface area contributed by atoms with E-state index in [9.17, 15) is 4.79 Å². The van der Waals surface area contributed by atoms with Gasteiger partial charge >= 0.3 is 0 Å². The van der Waals surface area contributed by atoms with Crippen LogP contribution >= 0.6 is 11.3 Å². The molecule has 0 aliphatic carbocycles. The van der Waals surface area contributed by atoms with E-state index < -0.39 is 0 Å². The lowest BCUT2D eigenvalue weighted by Gasteiger charge is -2.06. The fourth-order valence-electron chi connectivity index (χ4n) is 1.81. The minimum atomic E-state index is -0.00697. The third-order valence-corrected chi connectivity index (χ3v) is 3.78. The van der Waals surface area contributed by atoms with Crippen LogP contribution in [0.2, 0.25) is 0 Å². The molecule has 0 aliphatic rings. The summed E-state index contributed by atoms with van der Waals surface area (Å²) in [7, 11) is 0. The first-order valence-corrected chi connectivity index (χ1v) is 7.09. The van der Waals surface area contributed by atoms with Gasteiger partial charge < -0.3 is 10.6 Å². The molecule has 0 saturated carbocycles. The summed E-state index contributed by atoms with van der Waals surface area (Å²) < 4.78 is 0. The summed E-state index contributed by atoms with van der Waals surface area (Å²) in [4.78, 5) is 12.4. The summed E-state index contributed by atoms with van der Waals surface area (Å²) >= 11 is 1.45. The Morgan fingerprint density at radius 3 is 2.89 bits per heavy atom. The molecule has 0 radical (unpaired) electrons. The molecule has 5 nitrogen and oxygen atoms in total. The average Bonchev–Trinajstić information content (AvgIpc) is 3.02. The van der Waals surface area contributed by atoms with Gasteiger partial charge in [0, 0.05) is 30.9 Å². The third-order valence-electron chi connectivity index (χ3n) is 2.91. The highest BCUT2D eigenvalue weighted by molar-refractivity contribution is 7.12. The predicted octanol–water partition coefficient (Wildman–Crippen LogP) is 1.61. The summed E-state index contributed by atoms with van der Waals surface area (Å²) in [6.07, 6.45) is 0. The number of hydrogen-bond donors (Lipinski definition) is 3. The van der Waals surface area contributed by atoms with Gasteiger partial charge in [0.1, 0.15) is 0 Å². The standard InChI is InChI=1S/C13H18N4OS/c1-9-11(10(2)17-16-9)8-14-5-6-15-13(18)12-4-3-7-19-12/h3-4,7,14H,5-6,8H2,1-2H3,(H,15,18)(H,16,17). The highest BCUT2D eigenvalue weighted by atomic mass is 32.1. The molecule has 2 aromatic rings. The lowest BCUT2D eigenvalue weighted by Crippen LogP contribution is -2.31. The summed E-state index contributed by atoms with van der Waals surface area (Å²) in [5, 5.41) is 15.2. The van der Waals surface area contributed by atoms with Gasteiger partial charge in [0.2, 0.25) is 0 Å². The van der Waals surface area contributed by atoms with Crippen molar-refractivity contribution in [3.05, 3.63) is 39.3 Å². The van der Waals surface area contributed by atoms with Crippen molar-refractivity contribution in [2.24, 2.45) is 0 Å². The molecule has 2 heterocycles. The number of carbonyl (C=O) groups is 1. The van der Waals surface area contributed by atoms with Gasteiger partial charge in [-0.05, 0) is 25.3 Å². The number of H-pyrrole nitrogens is 1. The van der Waals surface area contributed by atoms with Crippen molar-refractivity contribution >= 4 is 17.2 Å². The molecule has 6 heteroatoms. The highest BCUT2D eigenvalue weighted by Crippen LogP contribution is 2.08. The number of thiophene rings is 1. The van der Waals surface area contributed by atoms with Gasteiger partial charge in [-0.3, -0.25) is 9.89 Å². The molecule has 0 aliphatic heterocycles. The molecule has 1 amide bonds. The summed E-state index contributed by atoms with van der Waals surface area (Å²) in [5.74, 6) is -0.00697.